The van der Waals surface area contributed by atoms with Crippen molar-refractivity contribution in [3.63, 3.8) is 0 Å². The average Bonchev–Trinajstić information content (AvgIpc) is 3.28. The molecule has 0 amide bonds. The second kappa shape index (κ2) is 6.95. The summed E-state index contributed by atoms with van der Waals surface area (Å²) >= 11 is 8.97. The first-order valence-corrected chi connectivity index (χ1v) is 11.7. The van der Waals surface area contributed by atoms with Gasteiger partial charge in [-0.2, -0.15) is 5.10 Å². The van der Waals surface area contributed by atoms with Crippen LogP contribution in [0.15, 0.2) is 43.7 Å². The van der Waals surface area contributed by atoms with Crippen molar-refractivity contribution in [1.82, 2.24) is 5.01 Å². The Hall–Kier alpha value is -0.850. The molecule has 1 aliphatic carbocycles. The van der Waals surface area contributed by atoms with E-state index in [4.69, 9.17) is 9.84 Å². The molecular formula is C20H20Br2N2OS. The summed E-state index contributed by atoms with van der Waals surface area (Å²) in [5.41, 5.74) is 2.43. The van der Waals surface area contributed by atoms with Gasteiger partial charge < -0.3 is 4.74 Å². The van der Waals surface area contributed by atoms with Gasteiger partial charge in [-0.1, -0.05) is 35.2 Å². The van der Waals surface area contributed by atoms with Crippen molar-refractivity contribution < 1.29 is 4.74 Å². The topological polar surface area (TPSA) is 24.8 Å². The third-order valence-corrected chi connectivity index (χ3v) is 7.86. The van der Waals surface area contributed by atoms with Crippen molar-refractivity contribution in [1.29, 1.82) is 0 Å². The number of ether oxygens (including phenoxy) is 1. The number of nitrogens with zero attached hydrogens (tertiary/aromatic N) is 2. The van der Waals surface area contributed by atoms with E-state index in [-0.39, 0.29) is 12.3 Å². The van der Waals surface area contributed by atoms with Gasteiger partial charge in [0.15, 0.2) is 6.23 Å². The number of benzene rings is 1. The van der Waals surface area contributed by atoms with Gasteiger partial charge in [0.1, 0.15) is 5.75 Å². The van der Waals surface area contributed by atoms with Gasteiger partial charge in [0.05, 0.1) is 20.4 Å². The number of hydrogen-bond donors (Lipinski definition) is 0. The van der Waals surface area contributed by atoms with Crippen molar-refractivity contribution in [2.75, 3.05) is 0 Å². The van der Waals surface area contributed by atoms with Crippen molar-refractivity contribution in [3.8, 4) is 5.75 Å². The molecule has 0 saturated heterocycles. The Morgan fingerprint density at radius 1 is 1.08 bits per heavy atom. The van der Waals surface area contributed by atoms with Crippen LogP contribution in [0, 0.1) is 5.92 Å². The van der Waals surface area contributed by atoms with E-state index in [1.807, 2.05) is 0 Å². The van der Waals surface area contributed by atoms with E-state index in [0.29, 0.717) is 5.92 Å². The number of fused-ring (bicyclic) bond motifs is 3. The van der Waals surface area contributed by atoms with Crippen LogP contribution in [0.5, 0.6) is 5.75 Å². The van der Waals surface area contributed by atoms with Crippen LogP contribution in [0.25, 0.3) is 0 Å². The van der Waals surface area contributed by atoms with Crippen LogP contribution in [0.3, 0.4) is 0 Å². The summed E-state index contributed by atoms with van der Waals surface area (Å²) in [5.74, 6) is 1.61. The largest absolute Gasteiger partial charge is 0.468 e. The summed E-state index contributed by atoms with van der Waals surface area (Å²) in [5, 5.41) is 7.35. The Labute approximate surface area is 174 Å². The summed E-state index contributed by atoms with van der Waals surface area (Å²) in [7, 11) is 0. The van der Waals surface area contributed by atoms with Crippen molar-refractivity contribution >= 4 is 48.9 Å². The van der Waals surface area contributed by atoms with Gasteiger partial charge in [0, 0.05) is 22.4 Å². The van der Waals surface area contributed by atoms with Crippen LogP contribution in [0.2, 0.25) is 0 Å². The lowest BCUT2D eigenvalue weighted by atomic mass is 9.86. The molecule has 1 fully saturated rings. The van der Waals surface area contributed by atoms with Crippen LogP contribution in [-0.2, 0) is 0 Å². The summed E-state index contributed by atoms with van der Waals surface area (Å²) in [6, 6.07) is 11.0. The lowest BCUT2D eigenvalue weighted by Gasteiger charge is -2.42. The van der Waals surface area contributed by atoms with Gasteiger partial charge >= 0.3 is 0 Å². The molecule has 3 aliphatic rings. The molecule has 26 heavy (non-hydrogen) atoms. The maximum absolute atomic E-state index is 6.52. The second-order valence-corrected chi connectivity index (χ2v) is 10.7. The quantitative estimate of drug-likeness (QED) is 0.461. The molecule has 0 unspecified atom stereocenters. The van der Waals surface area contributed by atoms with E-state index in [2.05, 4.69) is 67.2 Å². The second-order valence-electron chi connectivity index (χ2n) is 7.34. The number of hydrogen-bond acceptors (Lipinski definition) is 4. The predicted molar refractivity (Wildman–Crippen MR) is 113 cm³/mol. The molecule has 3 nitrogen and oxygen atoms in total. The lowest BCUT2D eigenvalue weighted by Crippen LogP contribution is -2.45. The minimum absolute atomic E-state index is 0.0647. The number of rotatable bonds is 2. The third kappa shape index (κ3) is 3.04. The normalized spacial score (nSPS) is 25.5. The molecule has 0 bridgehead atoms. The van der Waals surface area contributed by atoms with E-state index in [1.54, 1.807) is 11.3 Å². The number of thiophene rings is 1. The maximum atomic E-state index is 6.52. The highest BCUT2D eigenvalue weighted by Crippen LogP contribution is 2.47. The zero-order chi connectivity index (χ0) is 17.7. The Morgan fingerprint density at radius 3 is 2.69 bits per heavy atom. The van der Waals surface area contributed by atoms with Crippen molar-refractivity contribution in [2.24, 2.45) is 11.0 Å². The minimum atomic E-state index is 0.0647. The van der Waals surface area contributed by atoms with Crippen LogP contribution in [-0.4, -0.2) is 16.9 Å². The van der Waals surface area contributed by atoms with E-state index in [0.717, 1.165) is 20.4 Å². The van der Waals surface area contributed by atoms with Crippen molar-refractivity contribution in [2.45, 2.75) is 50.8 Å². The summed E-state index contributed by atoms with van der Waals surface area (Å²) in [6.45, 7) is 0. The number of halogens is 2. The highest BCUT2D eigenvalue weighted by Gasteiger charge is 2.43. The molecule has 0 radical (unpaired) electrons. The first kappa shape index (κ1) is 17.3. The van der Waals surface area contributed by atoms with Crippen molar-refractivity contribution in [3.05, 3.63) is 49.0 Å². The summed E-state index contributed by atoms with van der Waals surface area (Å²) in [6.07, 6.45) is 7.48. The molecule has 1 saturated carbocycles. The molecule has 3 heterocycles. The van der Waals surface area contributed by atoms with Gasteiger partial charge in [0.2, 0.25) is 0 Å². The van der Waals surface area contributed by atoms with Crippen LogP contribution >= 0.6 is 43.2 Å². The molecular weight excluding hydrogens is 476 g/mol. The van der Waals surface area contributed by atoms with E-state index >= 15 is 0 Å². The average molecular weight is 496 g/mol. The Balaban J connectivity index is 1.54. The maximum Gasteiger partial charge on any atom is 0.190 e. The predicted octanol–water partition coefficient (Wildman–Crippen LogP) is 6.72. The molecule has 0 N–H and O–H groups in total. The summed E-state index contributed by atoms with van der Waals surface area (Å²) < 4.78 is 8.78. The van der Waals surface area contributed by atoms with Crippen LogP contribution in [0.4, 0.5) is 0 Å². The van der Waals surface area contributed by atoms with Gasteiger partial charge in [-0.15, -0.1) is 11.3 Å². The minimum Gasteiger partial charge on any atom is -0.468 e. The SMILES string of the molecule is Brc1ccc2c(c1)[C@@H]1CC(c3ccc(Br)s3)=NN1[C@@H](C1CCCCC1)O2. The first-order valence-electron chi connectivity index (χ1n) is 9.27. The monoisotopic (exact) mass is 494 g/mol. The molecule has 1 aromatic carbocycles. The van der Waals surface area contributed by atoms with Crippen LogP contribution < -0.4 is 4.74 Å². The zero-order valence-corrected chi connectivity index (χ0v) is 18.3. The fourth-order valence-electron chi connectivity index (χ4n) is 4.44. The zero-order valence-electron chi connectivity index (χ0n) is 14.3. The van der Waals surface area contributed by atoms with Gasteiger partial charge in [0.25, 0.3) is 0 Å². The molecule has 2 aromatic rings. The highest BCUT2D eigenvalue weighted by molar-refractivity contribution is 9.11. The standard InChI is InChI=1S/C20H20Br2N2OS/c21-13-6-7-17-14(10-13)16-11-15(18-8-9-19(22)26-18)23-24(16)20(25-17)12-4-2-1-3-5-12/h6-10,12,16,20H,1-5,11H2/t16-,20+/m0/s1. The van der Waals surface area contributed by atoms with Gasteiger partial charge in [-0.3, -0.25) is 0 Å². The molecule has 0 spiro atoms. The van der Waals surface area contributed by atoms with Crippen LogP contribution in [0.1, 0.15) is 55.0 Å². The van der Waals surface area contributed by atoms with E-state index in [9.17, 15) is 0 Å². The lowest BCUT2D eigenvalue weighted by molar-refractivity contribution is -0.0644. The Morgan fingerprint density at radius 2 is 1.92 bits per heavy atom. The number of hydrazone groups is 1. The first-order chi connectivity index (χ1) is 12.7. The molecule has 5 rings (SSSR count). The fourth-order valence-corrected chi connectivity index (χ4v) is 6.19. The van der Waals surface area contributed by atoms with Gasteiger partial charge in [-0.05, 0) is 59.1 Å². The molecule has 2 aliphatic heterocycles. The third-order valence-electron chi connectivity index (χ3n) is 5.69. The highest BCUT2D eigenvalue weighted by atomic mass is 79.9. The Bertz CT molecular complexity index is 859. The summed E-state index contributed by atoms with van der Waals surface area (Å²) in [4.78, 5) is 1.25. The van der Waals surface area contributed by atoms with E-state index in [1.165, 1.54) is 48.3 Å². The van der Waals surface area contributed by atoms with Gasteiger partial charge in [-0.25, -0.2) is 5.01 Å². The van der Waals surface area contributed by atoms with E-state index < -0.39 is 0 Å². The molecule has 136 valence electrons. The smallest absolute Gasteiger partial charge is 0.190 e. The molecule has 6 heteroatoms. The Kier molecular flexibility index (Phi) is 4.62. The molecule has 2 atom stereocenters. The fraction of sp³-hybridized carbons (Fsp3) is 0.450. The molecule has 1 aromatic heterocycles.